The average molecular weight is 191 g/mol. The topological polar surface area (TPSA) is 35.2 Å². The first-order valence-electron chi connectivity index (χ1n) is 4.36. The number of ether oxygens (including phenoxy) is 1. The van der Waals surface area contributed by atoms with Gasteiger partial charge >= 0.3 is 0 Å². The summed E-state index contributed by atoms with van der Waals surface area (Å²) in [6.07, 6.45) is 0. The van der Waals surface area contributed by atoms with E-state index in [0.29, 0.717) is 6.61 Å². The van der Waals surface area contributed by atoms with Crippen LogP contribution in [0, 0.1) is 0 Å². The lowest BCUT2D eigenvalue weighted by Crippen LogP contribution is -2.25. The molecule has 2 N–H and O–H groups in total. The lowest BCUT2D eigenvalue weighted by Gasteiger charge is -2.23. The molecule has 0 saturated carbocycles. The lowest BCUT2D eigenvalue weighted by molar-refractivity contribution is 0.114. The predicted octanol–water partition coefficient (Wildman–Crippen LogP) is 2.23. The minimum absolute atomic E-state index is 0.132. The Kier molecular flexibility index (Phi) is 5.21. The zero-order valence-electron chi connectivity index (χ0n) is 8.76. The van der Waals surface area contributed by atoms with Crippen LogP contribution in [0.15, 0.2) is 0 Å². The molecular formula is C9H21NOS. The summed E-state index contributed by atoms with van der Waals surface area (Å²) in [5.74, 6) is 0. The zero-order valence-corrected chi connectivity index (χ0v) is 9.57. The third-order valence-corrected chi connectivity index (χ3v) is 2.29. The molecule has 3 heteroatoms. The van der Waals surface area contributed by atoms with Gasteiger partial charge in [-0.05, 0) is 13.8 Å². The Hall–Kier alpha value is 0.270. The highest BCUT2D eigenvalue weighted by molar-refractivity contribution is 8.01. The van der Waals surface area contributed by atoms with E-state index >= 15 is 0 Å². The second-order valence-electron chi connectivity index (χ2n) is 4.11. The maximum Gasteiger partial charge on any atom is 0.100 e. The molecule has 2 atom stereocenters. The molecule has 0 bridgehead atoms. The number of nitrogens with two attached hydrogens (primary N) is 1. The van der Waals surface area contributed by atoms with Crippen LogP contribution in [0.2, 0.25) is 0 Å². The Bertz CT molecular complexity index is 120. The van der Waals surface area contributed by atoms with E-state index in [9.17, 15) is 0 Å². The van der Waals surface area contributed by atoms with Gasteiger partial charge in [0.1, 0.15) is 5.44 Å². The van der Waals surface area contributed by atoms with Gasteiger partial charge in [0.25, 0.3) is 0 Å². The highest BCUT2D eigenvalue weighted by Gasteiger charge is 2.16. The summed E-state index contributed by atoms with van der Waals surface area (Å²) in [6.45, 7) is 11.2. The Morgan fingerprint density at radius 1 is 1.33 bits per heavy atom. The van der Waals surface area contributed by atoms with Crippen molar-refractivity contribution in [3.05, 3.63) is 0 Å². The van der Waals surface area contributed by atoms with Gasteiger partial charge in [-0.1, -0.05) is 20.8 Å². The molecule has 0 radical (unpaired) electrons. The molecule has 74 valence electrons. The summed E-state index contributed by atoms with van der Waals surface area (Å²) in [5.41, 5.74) is 5.80. The predicted molar refractivity (Wildman–Crippen MR) is 56.4 cm³/mol. The van der Waals surface area contributed by atoms with Crippen LogP contribution in [0.5, 0.6) is 0 Å². The second kappa shape index (κ2) is 5.10. The SMILES string of the molecule is CC(N)COC(C)SC(C)(C)C. The first-order chi connectivity index (χ1) is 5.31. The first-order valence-corrected chi connectivity index (χ1v) is 5.24. The van der Waals surface area contributed by atoms with Gasteiger partial charge in [-0.3, -0.25) is 0 Å². The highest BCUT2D eigenvalue weighted by atomic mass is 32.2. The van der Waals surface area contributed by atoms with E-state index in [1.807, 2.05) is 18.7 Å². The van der Waals surface area contributed by atoms with Gasteiger partial charge in [0, 0.05) is 10.8 Å². The van der Waals surface area contributed by atoms with Gasteiger partial charge in [0.2, 0.25) is 0 Å². The van der Waals surface area contributed by atoms with Crippen molar-refractivity contribution in [3.8, 4) is 0 Å². The minimum Gasteiger partial charge on any atom is -0.366 e. The molecule has 0 amide bonds. The molecule has 0 aromatic carbocycles. The summed E-state index contributed by atoms with van der Waals surface area (Å²) in [7, 11) is 0. The van der Waals surface area contributed by atoms with Crippen molar-refractivity contribution in [1.82, 2.24) is 0 Å². The van der Waals surface area contributed by atoms with Gasteiger partial charge in [-0.2, -0.15) is 0 Å². The molecule has 0 aliphatic heterocycles. The fourth-order valence-corrected chi connectivity index (χ4v) is 1.96. The fraction of sp³-hybridized carbons (Fsp3) is 1.00. The molecule has 0 aliphatic carbocycles. The quantitative estimate of drug-likeness (QED) is 0.692. The van der Waals surface area contributed by atoms with E-state index in [4.69, 9.17) is 10.5 Å². The second-order valence-corrected chi connectivity index (χ2v) is 6.23. The molecule has 0 spiro atoms. The van der Waals surface area contributed by atoms with Crippen LogP contribution in [-0.4, -0.2) is 22.8 Å². The van der Waals surface area contributed by atoms with Crippen LogP contribution >= 0.6 is 11.8 Å². The fourth-order valence-electron chi connectivity index (χ4n) is 0.819. The van der Waals surface area contributed by atoms with Crippen molar-refractivity contribution >= 4 is 11.8 Å². The van der Waals surface area contributed by atoms with Crippen LogP contribution in [0.25, 0.3) is 0 Å². The molecule has 0 heterocycles. The van der Waals surface area contributed by atoms with E-state index in [2.05, 4.69) is 27.7 Å². The van der Waals surface area contributed by atoms with Gasteiger partial charge in [-0.25, -0.2) is 0 Å². The van der Waals surface area contributed by atoms with Crippen molar-refractivity contribution in [1.29, 1.82) is 0 Å². The van der Waals surface area contributed by atoms with Crippen molar-refractivity contribution in [2.45, 2.75) is 50.8 Å². The molecule has 0 rings (SSSR count). The van der Waals surface area contributed by atoms with Crippen LogP contribution in [0.4, 0.5) is 0 Å². The molecule has 0 aliphatic rings. The number of hydrogen-bond acceptors (Lipinski definition) is 3. The van der Waals surface area contributed by atoms with E-state index in [1.54, 1.807) is 0 Å². The molecule has 2 unspecified atom stereocenters. The Balaban J connectivity index is 3.53. The van der Waals surface area contributed by atoms with Gasteiger partial charge in [0.15, 0.2) is 0 Å². The maximum absolute atomic E-state index is 5.57. The Labute approximate surface area is 80.2 Å². The van der Waals surface area contributed by atoms with Crippen LogP contribution in [-0.2, 0) is 4.74 Å². The molecular weight excluding hydrogens is 170 g/mol. The standard InChI is InChI=1S/C9H21NOS/c1-7(10)6-11-8(2)12-9(3,4)5/h7-8H,6,10H2,1-5H3. The first kappa shape index (κ1) is 12.3. The Morgan fingerprint density at radius 2 is 1.83 bits per heavy atom. The molecule has 2 nitrogen and oxygen atoms in total. The Morgan fingerprint density at radius 3 is 2.17 bits per heavy atom. The zero-order chi connectivity index (χ0) is 9.78. The monoisotopic (exact) mass is 191 g/mol. The maximum atomic E-state index is 5.57. The summed E-state index contributed by atoms with van der Waals surface area (Å²) < 4.78 is 5.78. The van der Waals surface area contributed by atoms with Crippen molar-refractivity contribution in [2.24, 2.45) is 5.73 Å². The van der Waals surface area contributed by atoms with E-state index in [-0.39, 0.29) is 16.2 Å². The summed E-state index contributed by atoms with van der Waals surface area (Å²) >= 11 is 1.82. The molecule has 12 heavy (non-hydrogen) atoms. The molecule has 0 aromatic rings. The van der Waals surface area contributed by atoms with Gasteiger partial charge in [0.05, 0.1) is 6.61 Å². The summed E-state index contributed by atoms with van der Waals surface area (Å²) in [6, 6.07) is 0.132. The largest absolute Gasteiger partial charge is 0.366 e. The number of hydrogen-bond donors (Lipinski definition) is 1. The highest BCUT2D eigenvalue weighted by Crippen LogP contribution is 2.28. The third-order valence-electron chi connectivity index (χ3n) is 1.11. The third kappa shape index (κ3) is 8.37. The molecule has 0 saturated heterocycles. The van der Waals surface area contributed by atoms with Gasteiger partial charge < -0.3 is 10.5 Å². The van der Waals surface area contributed by atoms with Crippen molar-refractivity contribution < 1.29 is 4.74 Å². The van der Waals surface area contributed by atoms with Crippen LogP contribution in [0.3, 0.4) is 0 Å². The lowest BCUT2D eigenvalue weighted by atomic mass is 10.3. The van der Waals surface area contributed by atoms with Gasteiger partial charge in [-0.15, -0.1) is 11.8 Å². The summed E-state index contributed by atoms with van der Waals surface area (Å²) in [4.78, 5) is 0. The minimum atomic E-state index is 0.132. The van der Waals surface area contributed by atoms with E-state index in [0.717, 1.165) is 0 Å². The number of rotatable bonds is 4. The molecule has 0 aromatic heterocycles. The summed E-state index contributed by atoms with van der Waals surface area (Å²) in [5, 5.41) is 0. The molecule has 0 fully saturated rings. The smallest absolute Gasteiger partial charge is 0.100 e. The van der Waals surface area contributed by atoms with Crippen molar-refractivity contribution in [2.75, 3.05) is 6.61 Å². The van der Waals surface area contributed by atoms with E-state index in [1.165, 1.54) is 0 Å². The van der Waals surface area contributed by atoms with E-state index < -0.39 is 0 Å². The number of thioether (sulfide) groups is 1. The van der Waals surface area contributed by atoms with Crippen molar-refractivity contribution in [3.63, 3.8) is 0 Å². The normalized spacial score (nSPS) is 17.5. The average Bonchev–Trinajstić information content (AvgIpc) is 1.79. The van der Waals surface area contributed by atoms with Crippen LogP contribution in [0.1, 0.15) is 34.6 Å². The van der Waals surface area contributed by atoms with Crippen LogP contribution < -0.4 is 5.73 Å².